The quantitative estimate of drug-likeness (QED) is 0.137. The van der Waals surface area contributed by atoms with E-state index in [0.717, 1.165) is 21.4 Å². The second kappa shape index (κ2) is 18.4. The van der Waals surface area contributed by atoms with Gasteiger partial charge in [0.05, 0.1) is 9.52 Å². The number of hydrogen-bond acceptors (Lipinski definition) is 0. The van der Waals surface area contributed by atoms with E-state index in [1.165, 1.54) is 61.8 Å². The molecule has 0 aromatic heterocycles. The molecule has 0 atom stereocenters. The van der Waals surface area contributed by atoms with Crippen LogP contribution in [0, 0.1) is 40.5 Å². The van der Waals surface area contributed by atoms with Crippen LogP contribution in [0.15, 0.2) is 91.0 Å². The van der Waals surface area contributed by atoms with Crippen LogP contribution < -0.4 is 5.19 Å². The van der Waals surface area contributed by atoms with Crippen LogP contribution in [0.3, 0.4) is 0 Å². The molecular weight excluding hydrogens is 564 g/mol. The maximum absolute atomic E-state index is 2.32. The second-order valence-electron chi connectivity index (χ2n) is 10.8. The standard InChI is InChI=1S/2C14H17.C7H8Si.2CH3.Zr/c2*1-10(2)6-12-4-5-13-7-11(3)8-14(13)9-12;1-8-7-5-3-2-4-6-7;;;/h2*4-5,7-10H,6H2,1-3H3;2-6H,1H3;2*1H3;/q2*-1;;2*-1;+4. The van der Waals surface area contributed by atoms with E-state index in [-0.39, 0.29) is 41.1 Å². The first-order valence-corrected chi connectivity index (χ1v) is 14.8. The molecule has 0 aliphatic heterocycles. The predicted molar refractivity (Wildman–Crippen MR) is 176 cm³/mol. The van der Waals surface area contributed by atoms with Crippen LogP contribution in [-0.2, 0) is 39.0 Å². The van der Waals surface area contributed by atoms with Crippen LogP contribution in [0.2, 0.25) is 6.55 Å². The van der Waals surface area contributed by atoms with E-state index >= 15 is 0 Å². The molecule has 0 nitrogen and oxygen atoms in total. The predicted octanol–water partition coefficient (Wildman–Crippen LogP) is 10.1. The fourth-order valence-electron chi connectivity index (χ4n) is 4.63. The van der Waals surface area contributed by atoms with Crippen molar-refractivity contribution in [3.05, 3.63) is 128 Å². The van der Waals surface area contributed by atoms with Crippen molar-refractivity contribution in [1.82, 2.24) is 0 Å². The molecule has 5 aromatic rings. The van der Waals surface area contributed by atoms with Crippen molar-refractivity contribution in [2.75, 3.05) is 0 Å². The zero-order chi connectivity index (χ0) is 26.1. The van der Waals surface area contributed by atoms with Crippen molar-refractivity contribution >= 4 is 36.3 Å². The van der Waals surface area contributed by atoms with Crippen LogP contribution >= 0.6 is 0 Å². The Morgan fingerprint density at radius 1 is 0.615 bits per heavy atom. The molecule has 0 N–H and O–H groups in total. The third-order valence-electron chi connectivity index (χ3n) is 6.19. The second-order valence-corrected chi connectivity index (χ2v) is 11.9. The first kappa shape index (κ1) is 37.0. The van der Waals surface area contributed by atoms with Crippen LogP contribution in [0.1, 0.15) is 49.9 Å². The Bertz CT molecular complexity index is 1250. The molecule has 39 heavy (non-hydrogen) atoms. The summed E-state index contributed by atoms with van der Waals surface area (Å²) in [5, 5.41) is 6.96. The van der Waals surface area contributed by atoms with E-state index in [1.54, 1.807) is 0 Å². The van der Waals surface area contributed by atoms with Gasteiger partial charge in [-0.25, -0.2) is 0 Å². The van der Waals surface area contributed by atoms with E-state index in [1.807, 2.05) is 6.07 Å². The van der Waals surface area contributed by atoms with Crippen LogP contribution in [0.25, 0.3) is 21.5 Å². The van der Waals surface area contributed by atoms with Gasteiger partial charge < -0.3 is 14.9 Å². The summed E-state index contributed by atoms with van der Waals surface area (Å²) in [5.74, 6) is 1.48. The third-order valence-corrected chi connectivity index (χ3v) is 7.10. The molecule has 2 radical (unpaired) electrons. The van der Waals surface area contributed by atoms with E-state index < -0.39 is 0 Å². The molecule has 204 valence electrons. The van der Waals surface area contributed by atoms with Gasteiger partial charge in [-0.2, -0.15) is 12.1 Å². The van der Waals surface area contributed by atoms with Crippen molar-refractivity contribution < 1.29 is 26.2 Å². The average molecular weight is 612 g/mol. The molecule has 0 spiro atoms. The first-order valence-electron chi connectivity index (χ1n) is 13.3. The van der Waals surface area contributed by atoms with Gasteiger partial charge in [-0.15, -0.1) is 81.2 Å². The van der Waals surface area contributed by atoms with Crippen molar-refractivity contribution in [2.45, 2.75) is 60.9 Å². The van der Waals surface area contributed by atoms with Crippen LogP contribution in [0.4, 0.5) is 0 Å². The van der Waals surface area contributed by atoms with Gasteiger partial charge in [-0.1, -0.05) is 94.7 Å². The van der Waals surface area contributed by atoms with Crippen LogP contribution in [-0.4, -0.2) is 9.52 Å². The van der Waals surface area contributed by atoms with Gasteiger partial charge in [-0.3, -0.25) is 0 Å². The first-order chi connectivity index (χ1) is 17.2. The molecular formula is C37H48SiZr. The van der Waals surface area contributed by atoms with E-state index in [9.17, 15) is 0 Å². The van der Waals surface area contributed by atoms with Gasteiger partial charge in [0.1, 0.15) is 0 Å². The Morgan fingerprint density at radius 3 is 1.36 bits per heavy atom. The summed E-state index contributed by atoms with van der Waals surface area (Å²) in [4.78, 5) is 0. The smallest absolute Gasteiger partial charge is 0.358 e. The summed E-state index contributed by atoms with van der Waals surface area (Å²) in [5.41, 5.74) is 5.64. The topological polar surface area (TPSA) is 0 Å². The molecule has 0 heterocycles. The Labute approximate surface area is 261 Å². The van der Waals surface area contributed by atoms with Crippen molar-refractivity contribution in [3.8, 4) is 0 Å². The maximum Gasteiger partial charge on any atom is 4.00 e. The molecule has 0 fully saturated rings. The van der Waals surface area contributed by atoms with Gasteiger partial charge in [0.25, 0.3) is 0 Å². The fourth-order valence-corrected chi connectivity index (χ4v) is 5.15. The van der Waals surface area contributed by atoms with Gasteiger partial charge >= 0.3 is 26.2 Å². The molecule has 5 aromatic carbocycles. The Kier molecular flexibility index (Phi) is 17.4. The number of hydrogen-bond donors (Lipinski definition) is 0. The van der Waals surface area contributed by atoms with Gasteiger partial charge in [0.15, 0.2) is 0 Å². The minimum atomic E-state index is 0. The van der Waals surface area contributed by atoms with Gasteiger partial charge in [0.2, 0.25) is 0 Å². The normalized spacial score (nSPS) is 10.1. The molecule has 0 bridgehead atoms. The average Bonchev–Trinajstić information content (AvgIpc) is 3.39. The zero-order valence-electron chi connectivity index (χ0n) is 25.7. The Morgan fingerprint density at radius 2 is 1.03 bits per heavy atom. The van der Waals surface area contributed by atoms with Gasteiger partial charge in [-0.05, 0) is 24.7 Å². The monoisotopic (exact) mass is 610 g/mol. The van der Waals surface area contributed by atoms with Crippen molar-refractivity contribution in [2.24, 2.45) is 11.8 Å². The molecule has 5 rings (SSSR count). The van der Waals surface area contributed by atoms with Crippen molar-refractivity contribution in [1.29, 1.82) is 0 Å². The number of fused-ring (bicyclic) bond motifs is 2. The molecule has 2 heteroatoms. The molecule has 0 amide bonds. The summed E-state index contributed by atoms with van der Waals surface area (Å²) in [6, 6.07) is 33.1. The molecule has 0 aliphatic carbocycles. The summed E-state index contributed by atoms with van der Waals surface area (Å²) >= 11 is 0. The molecule has 0 unspecified atom stereocenters. The van der Waals surface area contributed by atoms with Crippen molar-refractivity contribution in [3.63, 3.8) is 0 Å². The summed E-state index contributed by atoms with van der Waals surface area (Å²) in [7, 11) is 0.930. The Balaban J connectivity index is 0.000000554. The number of aryl methyl sites for hydroxylation is 2. The minimum absolute atomic E-state index is 0. The Hall–Kier alpha value is -2.02. The van der Waals surface area contributed by atoms with Crippen LogP contribution in [0.5, 0.6) is 0 Å². The van der Waals surface area contributed by atoms with Gasteiger partial charge in [0, 0.05) is 0 Å². The number of rotatable bonds is 5. The largest absolute Gasteiger partial charge is 4.00 e. The summed E-state index contributed by atoms with van der Waals surface area (Å²) in [6.07, 6.45) is 2.36. The summed E-state index contributed by atoms with van der Waals surface area (Å²) < 4.78 is 0. The third kappa shape index (κ3) is 12.4. The fraction of sp³-hybridized carbons (Fsp3) is 0.297. The molecule has 0 saturated carbocycles. The van der Waals surface area contributed by atoms with E-state index in [4.69, 9.17) is 0 Å². The molecule has 0 saturated heterocycles. The number of benzene rings is 3. The molecule has 0 aliphatic rings. The minimum Gasteiger partial charge on any atom is -0.358 e. The van der Waals surface area contributed by atoms with E-state index in [0.29, 0.717) is 0 Å². The van der Waals surface area contributed by atoms with E-state index in [2.05, 4.69) is 133 Å². The zero-order valence-corrected chi connectivity index (χ0v) is 29.2. The summed E-state index contributed by atoms with van der Waals surface area (Å²) in [6.45, 7) is 15.6. The maximum atomic E-state index is 2.32. The SMILES string of the molecule is C[Si]c1ccccc1.Cc1cc2cc(CC(C)C)ccc2[cH-]1.Cc1cc2cc(CC(C)C)ccc2[cH-]1.[CH3-].[CH3-].[Zr+4].